The molecule has 1 N–H and O–H groups in total. The highest BCUT2D eigenvalue weighted by molar-refractivity contribution is 6.39. The highest BCUT2D eigenvalue weighted by Gasteiger charge is 2.22. The van der Waals surface area contributed by atoms with Crippen LogP contribution in [0.1, 0.15) is 41.6 Å². The molecule has 0 saturated heterocycles. The number of nitrogens with zero attached hydrogens (tertiary/aromatic N) is 2. The third-order valence-electron chi connectivity index (χ3n) is 4.19. The van der Waals surface area contributed by atoms with E-state index >= 15 is 0 Å². The van der Waals surface area contributed by atoms with Crippen molar-refractivity contribution in [3.05, 3.63) is 51.3 Å². The van der Waals surface area contributed by atoms with Gasteiger partial charge in [0, 0.05) is 24.5 Å². The minimum absolute atomic E-state index is 0.105. The van der Waals surface area contributed by atoms with E-state index in [0.29, 0.717) is 21.3 Å². The predicted octanol–water partition coefficient (Wildman–Crippen LogP) is 4.70. The summed E-state index contributed by atoms with van der Waals surface area (Å²) in [5.74, 6) is -0.570. The van der Waals surface area contributed by atoms with Crippen molar-refractivity contribution in [2.75, 3.05) is 18.9 Å². The average Bonchev–Trinajstić information content (AvgIpc) is 2.85. The normalized spacial score (nSPS) is 10.9. The molecule has 0 atom stereocenters. The molecule has 1 aromatic carbocycles. The van der Waals surface area contributed by atoms with E-state index < -0.39 is 0 Å². The molecular formula is C19H23Cl2N3O2. The Hall–Kier alpha value is -1.98. The molecule has 7 heteroatoms. The number of halogens is 2. The van der Waals surface area contributed by atoms with Crippen LogP contribution in [-0.4, -0.2) is 34.9 Å². The molecule has 0 fully saturated rings. The number of amides is 2. The van der Waals surface area contributed by atoms with E-state index in [0.717, 1.165) is 11.4 Å². The first-order valence-electron chi connectivity index (χ1n) is 8.31. The molecule has 0 aliphatic rings. The van der Waals surface area contributed by atoms with Gasteiger partial charge in [0.25, 0.3) is 5.91 Å². The molecule has 140 valence electrons. The largest absolute Gasteiger partial charge is 0.346 e. The van der Waals surface area contributed by atoms with E-state index in [1.54, 1.807) is 25.2 Å². The Morgan fingerprint density at radius 1 is 1.19 bits per heavy atom. The number of nitrogens with one attached hydrogen (secondary N) is 1. The number of para-hydroxylation sites is 1. The standard InChI is InChI=1S/C19H23Cl2N3O2/c1-11(2)24-12(3)9-14(13(24)4)19(26)23(5)10-17(25)22-18-15(20)7-6-8-16(18)21/h6-9,11H,10H2,1-5H3,(H,22,25). The lowest BCUT2D eigenvalue weighted by molar-refractivity contribution is -0.116. The third-order valence-corrected chi connectivity index (χ3v) is 4.82. The van der Waals surface area contributed by atoms with Crippen LogP contribution in [0.3, 0.4) is 0 Å². The molecular weight excluding hydrogens is 373 g/mol. The maximum atomic E-state index is 12.8. The molecule has 2 aromatic rings. The minimum Gasteiger partial charge on any atom is -0.346 e. The Morgan fingerprint density at radius 3 is 2.27 bits per heavy atom. The van der Waals surface area contributed by atoms with Crippen molar-refractivity contribution in [2.45, 2.75) is 33.7 Å². The molecule has 0 radical (unpaired) electrons. The Morgan fingerprint density at radius 2 is 1.77 bits per heavy atom. The van der Waals surface area contributed by atoms with Crippen molar-refractivity contribution in [1.82, 2.24) is 9.47 Å². The van der Waals surface area contributed by atoms with Crippen LogP contribution in [0.4, 0.5) is 5.69 Å². The predicted molar refractivity (Wildman–Crippen MR) is 106 cm³/mol. The summed E-state index contributed by atoms with van der Waals surface area (Å²) >= 11 is 12.1. The van der Waals surface area contributed by atoms with E-state index in [2.05, 4.69) is 23.7 Å². The van der Waals surface area contributed by atoms with Crippen molar-refractivity contribution in [1.29, 1.82) is 0 Å². The van der Waals surface area contributed by atoms with Gasteiger partial charge in [-0.2, -0.15) is 0 Å². The van der Waals surface area contributed by atoms with Crippen LogP contribution in [0.15, 0.2) is 24.3 Å². The fourth-order valence-corrected chi connectivity index (χ4v) is 3.57. The van der Waals surface area contributed by atoms with E-state index in [1.807, 2.05) is 19.9 Å². The fraction of sp³-hybridized carbons (Fsp3) is 0.368. The Balaban J connectivity index is 2.12. The summed E-state index contributed by atoms with van der Waals surface area (Å²) < 4.78 is 2.10. The quantitative estimate of drug-likeness (QED) is 0.796. The molecule has 0 bridgehead atoms. The van der Waals surface area contributed by atoms with Crippen LogP contribution in [0.25, 0.3) is 0 Å². The molecule has 0 unspecified atom stereocenters. The lowest BCUT2D eigenvalue weighted by Gasteiger charge is -2.18. The van der Waals surface area contributed by atoms with Gasteiger partial charge in [-0.15, -0.1) is 0 Å². The van der Waals surface area contributed by atoms with Crippen molar-refractivity contribution in [2.24, 2.45) is 0 Å². The first kappa shape index (κ1) is 20.3. The van der Waals surface area contributed by atoms with Gasteiger partial charge in [-0.3, -0.25) is 9.59 Å². The molecule has 2 rings (SSSR count). The van der Waals surface area contributed by atoms with Crippen LogP contribution in [0.5, 0.6) is 0 Å². The number of likely N-dealkylation sites (N-methyl/N-ethyl adjacent to an activating group) is 1. The minimum atomic E-state index is -0.367. The van der Waals surface area contributed by atoms with E-state index in [4.69, 9.17) is 23.2 Å². The van der Waals surface area contributed by atoms with Gasteiger partial charge in [-0.1, -0.05) is 29.3 Å². The number of aromatic nitrogens is 1. The Kier molecular flexibility index (Phi) is 6.37. The summed E-state index contributed by atoms with van der Waals surface area (Å²) in [5.41, 5.74) is 2.85. The van der Waals surface area contributed by atoms with Crippen LogP contribution >= 0.6 is 23.2 Å². The third kappa shape index (κ3) is 4.22. The zero-order chi connectivity index (χ0) is 19.6. The number of carbonyl (C=O) groups excluding carboxylic acids is 2. The number of hydrogen-bond acceptors (Lipinski definition) is 2. The number of benzene rings is 1. The molecule has 26 heavy (non-hydrogen) atoms. The maximum absolute atomic E-state index is 12.8. The summed E-state index contributed by atoms with van der Waals surface area (Å²) in [5, 5.41) is 3.36. The highest BCUT2D eigenvalue weighted by Crippen LogP contribution is 2.29. The van der Waals surface area contributed by atoms with E-state index in [1.165, 1.54) is 4.90 Å². The number of rotatable bonds is 5. The number of aryl methyl sites for hydroxylation is 1. The van der Waals surface area contributed by atoms with Gasteiger partial charge < -0.3 is 14.8 Å². The van der Waals surface area contributed by atoms with E-state index in [9.17, 15) is 9.59 Å². The summed E-state index contributed by atoms with van der Waals surface area (Å²) in [4.78, 5) is 26.4. The SMILES string of the molecule is Cc1cc(C(=O)N(C)CC(=O)Nc2c(Cl)cccc2Cl)c(C)n1C(C)C. The highest BCUT2D eigenvalue weighted by atomic mass is 35.5. The van der Waals surface area contributed by atoms with Gasteiger partial charge >= 0.3 is 0 Å². The molecule has 0 aliphatic heterocycles. The smallest absolute Gasteiger partial charge is 0.255 e. The molecule has 1 aromatic heterocycles. The van der Waals surface area contributed by atoms with E-state index in [-0.39, 0.29) is 24.4 Å². The van der Waals surface area contributed by atoms with Crippen molar-refractivity contribution in [3.63, 3.8) is 0 Å². The lowest BCUT2D eigenvalue weighted by Crippen LogP contribution is -2.35. The van der Waals surface area contributed by atoms with Gasteiger partial charge in [0.05, 0.1) is 27.8 Å². The van der Waals surface area contributed by atoms with Crippen LogP contribution in [0, 0.1) is 13.8 Å². The number of anilines is 1. The Bertz CT molecular complexity index is 823. The maximum Gasteiger partial charge on any atom is 0.255 e. The van der Waals surface area contributed by atoms with Gasteiger partial charge in [0.1, 0.15) is 0 Å². The second-order valence-electron chi connectivity index (χ2n) is 6.55. The fourth-order valence-electron chi connectivity index (χ4n) is 3.08. The van der Waals surface area contributed by atoms with Crippen molar-refractivity contribution in [3.8, 4) is 0 Å². The summed E-state index contributed by atoms with van der Waals surface area (Å²) in [6.07, 6.45) is 0. The average molecular weight is 396 g/mol. The van der Waals surface area contributed by atoms with Crippen molar-refractivity contribution >= 4 is 40.7 Å². The molecule has 1 heterocycles. The Labute approximate surface area is 163 Å². The molecule has 5 nitrogen and oxygen atoms in total. The molecule has 0 saturated carbocycles. The summed E-state index contributed by atoms with van der Waals surface area (Å²) in [6.45, 7) is 7.91. The lowest BCUT2D eigenvalue weighted by atomic mass is 10.2. The van der Waals surface area contributed by atoms with Gasteiger partial charge in [0.15, 0.2) is 0 Å². The van der Waals surface area contributed by atoms with Gasteiger partial charge in [0.2, 0.25) is 5.91 Å². The summed E-state index contributed by atoms with van der Waals surface area (Å²) in [6, 6.07) is 7.09. The zero-order valence-corrected chi connectivity index (χ0v) is 17.1. The van der Waals surface area contributed by atoms with Crippen LogP contribution in [-0.2, 0) is 4.79 Å². The molecule has 0 aliphatic carbocycles. The second-order valence-corrected chi connectivity index (χ2v) is 7.37. The zero-order valence-electron chi connectivity index (χ0n) is 15.6. The van der Waals surface area contributed by atoms with Gasteiger partial charge in [-0.05, 0) is 45.9 Å². The summed E-state index contributed by atoms with van der Waals surface area (Å²) in [7, 11) is 1.59. The number of hydrogen-bond donors (Lipinski definition) is 1. The van der Waals surface area contributed by atoms with Crippen molar-refractivity contribution < 1.29 is 9.59 Å². The van der Waals surface area contributed by atoms with Crippen LogP contribution < -0.4 is 5.32 Å². The topological polar surface area (TPSA) is 54.3 Å². The monoisotopic (exact) mass is 395 g/mol. The number of carbonyl (C=O) groups is 2. The van der Waals surface area contributed by atoms with Gasteiger partial charge in [-0.25, -0.2) is 0 Å². The van der Waals surface area contributed by atoms with Crippen LogP contribution in [0.2, 0.25) is 10.0 Å². The first-order valence-corrected chi connectivity index (χ1v) is 9.06. The molecule has 2 amide bonds. The second kappa shape index (κ2) is 8.14. The molecule has 0 spiro atoms. The first-order chi connectivity index (χ1) is 12.1.